The van der Waals surface area contributed by atoms with Crippen LogP contribution in [-0.2, 0) is 20.9 Å². The summed E-state index contributed by atoms with van der Waals surface area (Å²) in [5, 5.41) is 11.2. The zero-order valence-corrected chi connectivity index (χ0v) is 18.0. The first kappa shape index (κ1) is 21.8. The molecule has 168 valence electrons. The van der Waals surface area contributed by atoms with Gasteiger partial charge in [-0.05, 0) is 61.6 Å². The van der Waals surface area contributed by atoms with Gasteiger partial charge in [-0.15, -0.1) is 0 Å². The molecule has 3 heterocycles. The first-order valence-corrected chi connectivity index (χ1v) is 11.2. The summed E-state index contributed by atoms with van der Waals surface area (Å²) in [6.07, 6.45) is 6.79. The second-order valence-electron chi connectivity index (χ2n) is 9.13. The van der Waals surface area contributed by atoms with Crippen LogP contribution in [-0.4, -0.2) is 64.2 Å². The Bertz CT molecular complexity index is 897. The summed E-state index contributed by atoms with van der Waals surface area (Å²) in [4.78, 5) is 30.6. The van der Waals surface area contributed by atoms with Gasteiger partial charge in [-0.2, -0.15) is 0 Å². The van der Waals surface area contributed by atoms with Crippen molar-refractivity contribution in [3.63, 3.8) is 0 Å². The Morgan fingerprint density at radius 1 is 1.29 bits per heavy atom. The van der Waals surface area contributed by atoms with Crippen LogP contribution in [0.5, 0.6) is 0 Å². The number of pyridine rings is 1. The summed E-state index contributed by atoms with van der Waals surface area (Å²) in [5.41, 5.74) is 2.09. The predicted molar refractivity (Wildman–Crippen MR) is 116 cm³/mol. The smallest absolute Gasteiger partial charge is 0.290 e. The van der Waals surface area contributed by atoms with E-state index in [1.807, 2.05) is 6.20 Å². The summed E-state index contributed by atoms with van der Waals surface area (Å²) in [5.74, 6) is 2.10. The van der Waals surface area contributed by atoms with E-state index in [9.17, 15) is 4.79 Å². The molecule has 3 fully saturated rings. The van der Waals surface area contributed by atoms with E-state index in [-0.39, 0.29) is 24.5 Å². The average molecular weight is 429 g/mol. The second kappa shape index (κ2) is 9.78. The van der Waals surface area contributed by atoms with Gasteiger partial charge in [-0.3, -0.25) is 14.5 Å². The lowest BCUT2D eigenvalue weighted by atomic mass is 9.77. The Hall–Kier alpha value is -2.45. The molecular formula is C23H32N4O4. The van der Waals surface area contributed by atoms with E-state index >= 15 is 0 Å². The lowest BCUT2D eigenvalue weighted by Gasteiger charge is -2.38. The molecule has 31 heavy (non-hydrogen) atoms. The fourth-order valence-corrected chi connectivity index (χ4v) is 5.07. The molecule has 8 nitrogen and oxygen atoms in total. The third kappa shape index (κ3) is 5.62. The number of H-pyrrole nitrogens is 1. The number of carbonyl (C=O) groups excluding carboxylic acids is 1. The molecule has 2 aromatic heterocycles. The number of ether oxygens (including phenoxy) is 1. The van der Waals surface area contributed by atoms with E-state index in [0.29, 0.717) is 11.8 Å². The van der Waals surface area contributed by atoms with Gasteiger partial charge in [0.1, 0.15) is 5.65 Å². The molecule has 0 radical (unpaired) electrons. The Morgan fingerprint density at radius 3 is 2.74 bits per heavy atom. The molecule has 1 amide bonds. The highest BCUT2D eigenvalue weighted by atomic mass is 16.5. The number of hydrogen-bond donors (Lipinski definition) is 3. The number of fused-ring (bicyclic) bond motifs is 2. The monoisotopic (exact) mass is 428 g/mol. The van der Waals surface area contributed by atoms with Crippen LogP contribution < -0.4 is 5.32 Å². The molecule has 0 bridgehead atoms. The predicted octanol–water partition coefficient (Wildman–Crippen LogP) is 2.41. The van der Waals surface area contributed by atoms with Crippen LogP contribution in [0.15, 0.2) is 24.4 Å². The average Bonchev–Trinajstić information content (AvgIpc) is 3.30. The van der Waals surface area contributed by atoms with Gasteiger partial charge in [0.15, 0.2) is 0 Å². The van der Waals surface area contributed by atoms with Crippen molar-refractivity contribution in [3.8, 4) is 0 Å². The summed E-state index contributed by atoms with van der Waals surface area (Å²) in [6.45, 7) is 5.31. The minimum absolute atomic E-state index is 0.0572. The maximum atomic E-state index is 11.7. The third-order valence-electron chi connectivity index (χ3n) is 6.68. The van der Waals surface area contributed by atoms with E-state index in [2.05, 4.69) is 33.4 Å². The molecule has 1 aliphatic heterocycles. The molecule has 0 unspecified atom stereocenters. The Balaban J connectivity index is 0.000000730. The fraction of sp³-hybridized carbons (Fsp3) is 0.609. The standard InChI is InChI=1S/C22H30N4O2.CH2O2/c1-14(27)24-20-8-17-10-26(11-18(17)9-21(20)28-13-15-2-3-15)12-19-5-4-16-6-7-23-22(16)25-19;2-1-3/h4-7,15,17-18,20-21H,2-3,8-13H2,1H3,(H,23,25)(H,24,27);1H,(H,2,3)/t17-,18+,20-,21-;/m1./s1. The number of nitrogens with zero attached hydrogens (tertiary/aromatic N) is 2. The molecule has 8 heteroatoms. The highest BCUT2D eigenvalue weighted by molar-refractivity contribution is 5.75. The van der Waals surface area contributed by atoms with Gasteiger partial charge >= 0.3 is 0 Å². The summed E-state index contributed by atoms with van der Waals surface area (Å²) >= 11 is 0. The van der Waals surface area contributed by atoms with Gasteiger partial charge in [-0.1, -0.05) is 0 Å². The van der Waals surface area contributed by atoms with Crippen LogP contribution in [0.3, 0.4) is 0 Å². The lowest BCUT2D eigenvalue weighted by Crippen LogP contribution is -2.50. The molecule has 5 rings (SSSR count). The number of rotatable bonds is 6. The zero-order chi connectivity index (χ0) is 21.8. The maximum Gasteiger partial charge on any atom is 0.290 e. The van der Waals surface area contributed by atoms with Crippen LogP contribution in [0.25, 0.3) is 11.0 Å². The third-order valence-corrected chi connectivity index (χ3v) is 6.68. The quantitative estimate of drug-likeness (QED) is 0.610. The minimum atomic E-state index is -0.250. The van der Waals surface area contributed by atoms with Gasteiger partial charge in [0, 0.05) is 44.7 Å². The number of nitrogens with one attached hydrogen (secondary N) is 2. The molecule has 2 aliphatic carbocycles. The molecule has 4 atom stereocenters. The molecule has 0 aromatic carbocycles. The van der Waals surface area contributed by atoms with Gasteiger partial charge in [-0.25, -0.2) is 4.98 Å². The van der Waals surface area contributed by atoms with Crippen molar-refractivity contribution >= 4 is 23.4 Å². The van der Waals surface area contributed by atoms with Crippen molar-refractivity contribution in [2.75, 3.05) is 19.7 Å². The van der Waals surface area contributed by atoms with Crippen molar-refractivity contribution in [1.82, 2.24) is 20.2 Å². The molecule has 3 N–H and O–H groups in total. The number of amides is 1. The number of likely N-dealkylation sites (tertiary alicyclic amines) is 1. The van der Waals surface area contributed by atoms with E-state index < -0.39 is 0 Å². The van der Waals surface area contributed by atoms with Gasteiger partial charge < -0.3 is 20.1 Å². The Labute approximate surface area is 182 Å². The van der Waals surface area contributed by atoms with Crippen LogP contribution in [0.1, 0.15) is 38.3 Å². The largest absolute Gasteiger partial charge is 0.483 e. The topological polar surface area (TPSA) is 108 Å². The van der Waals surface area contributed by atoms with Gasteiger partial charge in [0.2, 0.25) is 5.91 Å². The Kier molecular flexibility index (Phi) is 6.87. The second-order valence-corrected chi connectivity index (χ2v) is 9.13. The van der Waals surface area contributed by atoms with Gasteiger partial charge in [0.25, 0.3) is 6.47 Å². The maximum absolute atomic E-state index is 11.7. The minimum Gasteiger partial charge on any atom is -0.483 e. The number of hydrogen-bond acceptors (Lipinski definition) is 5. The van der Waals surface area contributed by atoms with Crippen LogP contribution >= 0.6 is 0 Å². The summed E-state index contributed by atoms with van der Waals surface area (Å²) < 4.78 is 6.27. The molecule has 2 saturated carbocycles. The first-order chi connectivity index (χ1) is 15.1. The molecule has 0 spiro atoms. The number of aromatic amines is 1. The zero-order valence-electron chi connectivity index (χ0n) is 18.0. The highest BCUT2D eigenvalue weighted by Gasteiger charge is 2.43. The van der Waals surface area contributed by atoms with E-state index in [0.717, 1.165) is 61.7 Å². The van der Waals surface area contributed by atoms with Crippen molar-refractivity contribution in [2.24, 2.45) is 17.8 Å². The molecule has 3 aliphatic rings. The highest BCUT2D eigenvalue weighted by Crippen LogP contribution is 2.39. The van der Waals surface area contributed by atoms with E-state index in [1.165, 1.54) is 12.8 Å². The molecule has 1 saturated heterocycles. The van der Waals surface area contributed by atoms with Crippen molar-refractivity contribution < 1.29 is 19.4 Å². The van der Waals surface area contributed by atoms with Crippen LogP contribution in [0, 0.1) is 17.8 Å². The van der Waals surface area contributed by atoms with Crippen molar-refractivity contribution in [3.05, 3.63) is 30.1 Å². The number of carbonyl (C=O) groups is 2. The normalized spacial score (nSPS) is 27.9. The Morgan fingerprint density at radius 2 is 2.03 bits per heavy atom. The fourth-order valence-electron chi connectivity index (χ4n) is 5.07. The van der Waals surface area contributed by atoms with Crippen molar-refractivity contribution in [2.45, 2.75) is 51.3 Å². The summed E-state index contributed by atoms with van der Waals surface area (Å²) in [7, 11) is 0. The van der Waals surface area contributed by atoms with E-state index in [1.54, 1.807) is 6.92 Å². The summed E-state index contributed by atoms with van der Waals surface area (Å²) in [6, 6.07) is 6.50. The number of carboxylic acid groups (broad SMARTS) is 1. The SMILES string of the molecule is CC(=O)N[C@@H]1C[C@@H]2CN(Cc3ccc4cc[nH]c4n3)C[C@@H]2C[C@H]1OCC1CC1.O=CO. The van der Waals surface area contributed by atoms with Crippen LogP contribution in [0.2, 0.25) is 0 Å². The lowest BCUT2D eigenvalue weighted by molar-refractivity contribution is -0.123. The number of aromatic nitrogens is 2. The molecular weight excluding hydrogens is 396 g/mol. The first-order valence-electron chi connectivity index (χ1n) is 11.2. The van der Waals surface area contributed by atoms with E-state index in [4.69, 9.17) is 19.6 Å². The van der Waals surface area contributed by atoms with Crippen molar-refractivity contribution in [1.29, 1.82) is 0 Å². The van der Waals surface area contributed by atoms with Gasteiger partial charge in [0.05, 0.1) is 17.8 Å². The van der Waals surface area contributed by atoms with Crippen LogP contribution in [0.4, 0.5) is 0 Å². The molecule has 2 aromatic rings.